The van der Waals surface area contributed by atoms with Crippen LogP contribution in [0.4, 0.5) is 9.59 Å². The predicted octanol–water partition coefficient (Wildman–Crippen LogP) is 7.99. The van der Waals surface area contributed by atoms with Crippen LogP contribution < -0.4 is 0 Å². The first-order valence-corrected chi connectivity index (χ1v) is 11.5. The Kier molecular flexibility index (Phi) is 20.7. The van der Waals surface area contributed by atoms with Gasteiger partial charge in [-0.15, -0.1) is 0 Å². The Labute approximate surface area is 171 Å². The number of unbranched alkanes of at least 4 members (excludes halogenated alkanes) is 14. The van der Waals surface area contributed by atoms with Crippen molar-refractivity contribution in [1.82, 2.24) is 0 Å². The van der Waals surface area contributed by atoms with Gasteiger partial charge in [0.25, 0.3) is 0 Å². The van der Waals surface area contributed by atoms with Gasteiger partial charge < -0.3 is 9.47 Å². The van der Waals surface area contributed by atoms with Crippen LogP contribution >= 0.6 is 0 Å². The number of carbonyl (C=O) groups is 2. The lowest BCUT2D eigenvalue weighted by molar-refractivity contribution is 0.143. The molecule has 6 heteroatoms. The van der Waals surface area contributed by atoms with Crippen molar-refractivity contribution < 1.29 is 19.1 Å². The Hall–Kier alpha value is -1.46. The molecule has 0 aliphatic heterocycles. The Bertz CT molecular complexity index is 364. The highest BCUT2D eigenvalue weighted by Gasteiger charge is 2.04. The predicted molar refractivity (Wildman–Crippen MR) is 113 cm³/mol. The monoisotopic (exact) mass is 398 g/mol. The molecule has 2 amide bonds. The molecular formula is C22H42N2O4. The largest absolute Gasteiger partial charge is 0.452 e. The van der Waals surface area contributed by atoms with Gasteiger partial charge in [-0.3, -0.25) is 0 Å². The second kappa shape index (κ2) is 21.8. The first kappa shape index (κ1) is 26.5. The van der Waals surface area contributed by atoms with E-state index in [1.165, 1.54) is 64.2 Å². The molecule has 0 saturated carbocycles. The van der Waals surface area contributed by atoms with Crippen molar-refractivity contribution in [2.75, 3.05) is 13.2 Å². The van der Waals surface area contributed by atoms with Crippen molar-refractivity contribution in [2.24, 2.45) is 10.2 Å². The van der Waals surface area contributed by atoms with E-state index in [0.29, 0.717) is 13.2 Å². The highest BCUT2D eigenvalue weighted by Crippen LogP contribution is 2.09. The molecule has 28 heavy (non-hydrogen) atoms. The zero-order valence-electron chi connectivity index (χ0n) is 18.3. The lowest BCUT2D eigenvalue weighted by Gasteiger charge is -2.02. The maximum absolute atomic E-state index is 11.4. The first-order chi connectivity index (χ1) is 13.7. The van der Waals surface area contributed by atoms with Crippen LogP contribution in [0.15, 0.2) is 10.2 Å². The molecule has 0 fully saturated rings. The highest BCUT2D eigenvalue weighted by molar-refractivity contribution is 5.73. The summed E-state index contributed by atoms with van der Waals surface area (Å²) in [7, 11) is 0. The normalized spacial score (nSPS) is 11.1. The lowest BCUT2D eigenvalue weighted by atomic mass is 10.1. The number of carbonyl (C=O) groups excluding carboxylic acids is 2. The van der Waals surface area contributed by atoms with Crippen LogP contribution in [0.1, 0.15) is 117 Å². The average molecular weight is 399 g/mol. The van der Waals surface area contributed by atoms with E-state index in [1.807, 2.05) is 0 Å². The molecule has 0 aliphatic carbocycles. The zero-order chi connectivity index (χ0) is 20.7. The maximum atomic E-state index is 11.4. The smallest absolute Gasteiger partial charge is 0.447 e. The molecule has 164 valence electrons. The Balaban J connectivity index is 3.43. The molecule has 0 spiro atoms. The third kappa shape index (κ3) is 20.8. The SMILES string of the molecule is CCCCCCCCCCOC(=O)N=NC(=O)OCCCCCCCCCC. The van der Waals surface area contributed by atoms with E-state index >= 15 is 0 Å². The van der Waals surface area contributed by atoms with Crippen LogP contribution in [0.2, 0.25) is 0 Å². The minimum atomic E-state index is -0.827. The molecule has 0 heterocycles. The Morgan fingerprint density at radius 1 is 0.500 bits per heavy atom. The molecule has 0 radical (unpaired) electrons. The van der Waals surface area contributed by atoms with Crippen LogP contribution in [0, 0.1) is 0 Å². The van der Waals surface area contributed by atoms with Crippen molar-refractivity contribution in [1.29, 1.82) is 0 Å². The third-order valence-corrected chi connectivity index (χ3v) is 4.66. The van der Waals surface area contributed by atoms with E-state index in [2.05, 4.69) is 24.1 Å². The van der Waals surface area contributed by atoms with Crippen LogP contribution in [-0.2, 0) is 9.47 Å². The quantitative estimate of drug-likeness (QED) is 0.173. The molecule has 0 saturated heterocycles. The fraction of sp³-hybridized carbons (Fsp3) is 0.909. The molecule has 0 aromatic heterocycles. The molecule has 0 N–H and O–H groups in total. The van der Waals surface area contributed by atoms with Gasteiger partial charge in [-0.2, -0.15) is 0 Å². The molecule has 0 aliphatic rings. The van der Waals surface area contributed by atoms with Crippen molar-refractivity contribution in [3.8, 4) is 0 Å². The zero-order valence-corrected chi connectivity index (χ0v) is 18.3. The van der Waals surface area contributed by atoms with Crippen molar-refractivity contribution in [2.45, 2.75) is 117 Å². The second-order valence-corrected chi connectivity index (χ2v) is 7.38. The molecule has 0 aromatic carbocycles. The second-order valence-electron chi connectivity index (χ2n) is 7.38. The summed E-state index contributed by atoms with van der Waals surface area (Å²) in [5.41, 5.74) is 0. The van der Waals surface area contributed by atoms with Crippen LogP contribution in [0.3, 0.4) is 0 Å². The summed E-state index contributed by atoms with van der Waals surface area (Å²) in [4.78, 5) is 22.8. The van der Waals surface area contributed by atoms with Gasteiger partial charge in [0.1, 0.15) is 0 Å². The Morgan fingerprint density at radius 3 is 1.11 bits per heavy atom. The van der Waals surface area contributed by atoms with Crippen molar-refractivity contribution in [3.63, 3.8) is 0 Å². The molecule has 0 atom stereocenters. The van der Waals surface area contributed by atoms with E-state index in [0.717, 1.165) is 38.5 Å². The molecule has 0 bridgehead atoms. The van der Waals surface area contributed by atoms with E-state index in [4.69, 9.17) is 9.47 Å². The summed E-state index contributed by atoms with van der Waals surface area (Å²) in [5.74, 6) is 0. The van der Waals surface area contributed by atoms with Gasteiger partial charge in [-0.25, -0.2) is 9.59 Å². The highest BCUT2D eigenvalue weighted by atomic mass is 16.6. The summed E-state index contributed by atoms with van der Waals surface area (Å²) in [6, 6.07) is 0. The first-order valence-electron chi connectivity index (χ1n) is 11.5. The number of ether oxygens (including phenoxy) is 2. The number of rotatable bonds is 18. The molecule has 0 unspecified atom stereocenters. The summed E-state index contributed by atoms with van der Waals surface area (Å²) < 4.78 is 9.86. The molecule has 6 nitrogen and oxygen atoms in total. The topological polar surface area (TPSA) is 77.3 Å². The number of azo groups is 1. The fourth-order valence-electron chi connectivity index (χ4n) is 2.93. The van der Waals surface area contributed by atoms with Crippen LogP contribution in [0.5, 0.6) is 0 Å². The standard InChI is InChI=1S/C22H42N2O4/c1-3-5-7-9-11-13-15-17-19-27-21(25)23-24-22(26)28-20-18-16-14-12-10-8-6-4-2/h3-20H2,1-2H3. The summed E-state index contributed by atoms with van der Waals surface area (Å²) in [6.45, 7) is 5.06. The van der Waals surface area contributed by atoms with Gasteiger partial charge in [0.2, 0.25) is 0 Å². The maximum Gasteiger partial charge on any atom is 0.452 e. The summed E-state index contributed by atoms with van der Waals surface area (Å²) in [5, 5.41) is 6.48. The van der Waals surface area contributed by atoms with Crippen molar-refractivity contribution >= 4 is 12.2 Å². The van der Waals surface area contributed by atoms with Gasteiger partial charge in [-0.1, -0.05) is 114 Å². The molecular weight excluding hydrogens is 356 g/mol. The van der Waals surface area contributed by atoms with Crippen molar-refractivity contribution in [3.05, 3.63) is 0 Å². The van der Waals surface area contributed by atoms with E-state index in [9.17, 15) is 9.59 Å². The fourth-order valence-corrected chi connectivity index (χ4v) is 2.93. The van der Waals surface area contributed by atoms with Gasteiger partial charge >= 0.3 is 12.2 Å². The minimum Gasteiger partial charge on any atom is -0.447 e. The number of hydrogen-bond acceptors (Lipinski definition) is 4. The van der Waals surface area contributed by atoms with E-state index in [1.54, 1.807) is 0 Å². The van der Waals surface area contributed by atoms with Gasteiger partial charge in [0.05, 0.1) is 13.2 Å². The minimum absolute atomic E-state index is 0.320. The van der Waals surface area contributed by atoms with Crippen LogP contribution in [0.25, 0.3) is 0 Å². The Morgan fingerprint density at radius 2 is 0.786 bits per heavy atom. The molecule has 0 aromatic rings. The van der Waals surface area contributed by atoms with Crippen LogP contribution in [-0.4, -0.2) is 25.4 Å². The van der Waals surface area contributed by atoms with Gasteiger partial charge in [0, 0.05) is 0 Å². The molecule has 0 rings (SSSR count). The lowest BCUT2D eigenvalue weighted by Crippen LogP contribution is -2.03. The number of hydrogen-bond donors (Lipinski definition) is 0. The van der Waals surface area contributed by atoms with E-state index in [-0.39, 0.29) is 0 Å². The number of amides is 2. The van der Waals surface area contributed by atoms with E-state index < -0.39 is 12.2 Å². The third-order valence-electron chi connectivity index (χ3n) is 4.66. The van der Waals surface area contributed by atoms with Gasteiger partial charge in [0.15, 0.2) is 0 Å². The number of nitrogens with zero attached hydrogens (tertiary/aromatic N) is 2. The summed E-state index contributed by atoms with van der Waals surface area (Å²) >= 11 is 0. The van der Waals surface area contributed by atoms with Gasteiger partial charge in [-0.05, 0) is 12.8 Å². The summed E-state index contributed by atoms with van der Waals surface area (Å²) in [6.07, 6.45) is 17.2. The average Bonchev–Trinajstić information content (AvgIpc) is 2.69.